The van der Waals surface area contributed by atoms with Crippen molar-refractivity contribution in [2.24, 2.45) is 0 Å². The highest BCUT2D eigenvalue weighted by Gasteiger charge is 2.20. The molecule has 0 atom stereocenters. The number of benzene rings is 2. The molecule has 0 unspecified atom stereocenters. The molecule has 0 aliphatic carbocycles. The van der Waals surface area contributed by atoms with Crippen molar-refractivity contribution in [1.29, 1.82) is 0 Å². The monoisotopic (exact) mass is 435 g/mol. The number of amides is 1. The summed E-state index contributed by atoms with van der Waals surface area (Å²) in [5.74, 6) is 0. The lowest BCUT2D eigenvalue weighted by atomic mass is 10.2. The largest absolute Gasteiger partial charge is 0.445 e. The van der Waals surface area contributed by atoms with E-state index in [-0.39, 0.29) is 6.09 Å². The standard InChI is InChI=1S/C22H27Cl2N3O2/c1-25(22(28)29-17-18-7-3-2-4-8-18)11-6-12-26-13-15-27(16-14-26)20-10-5-9-19(23)21(20)24/h2-5,7-10H,6,11-17H2,1H3. The first-order valence-corrected chi connectivity index (χ1v) is 10.6. The van der Waals surface area contributed by atoms with Crippen LogP contribution in [-0.4, -0.2) is 62.2 Å². The van der Waals surface area contributed by atoms with E-state index >= 15 is 0 Å². The Balaban J connectivity index is 1.35. The van der Waals surface area contributed by atoms with Crippen LogP contribution in [-0.2, 0) is 11.3 Å². The van der Waals surface area contributed by atoms with E-state index in [1.165, 1.54) is 0 Å². The molecule has 7 heteroatoms. The summed E-state index contributed by atoms with van der Waals surface area (Å²) in [6.07, 6.45) is 0.628. The lowest BCUT2D eigenvalue weighted by molar-refractivity contribution is 0.103. The van der Waals surface area contributed by atoms with Crippen molar-refractivity contribution in [3.8, 4) is 0 Å². The van der Waals surface area contributed by atoms with Gasteiger partial charge < -0.3 is 14.5 Å². The van der Waals surface area contributed by atoms with Crippen LogP contribution >= 0.6 is 23.2 Å². The fraction of sp³-hybridized carbons (Fsp3) is 0.409. The zero-order chi connectivity index (χ0) is 20.6. The van der Waals surface area contributed by atoms with Crippen LogP contribution in [0.5, 0.6) is 0 Å². The molecule has 1 amide bonds. The first-order valence-electron chi connectivity index (χ1n) is 9.87. The van der Waals surface area contributed by atoms with Gasteiger partial charge in [-0.05, 0) is 30.7 Å². The molecular formula is C22H27Cl2N3O2. The maximum atomic E-state index is 12.1. The van der Waals surface area contributed by atoms with Crippen LogP contribution in [0.25, 0.3) is 0 Å². The first-order chi connectivity index (χ1) is 14.0. The summed E-state index contributed by atoms with van der Waals surface area (Å²) in [6.45, 7) is 5.68. The van der Waals surface area contributed by atoms with E-state index in [1.807, 2.05) is 48.5 Å². The quantitative estimate of drug-likeness (QED) is 0.626. The summed E-state index contributed by atoms with van der Waals surface area (Å²) in [5.41, 5.74) is 1.99. The van der Waals surface area contributed by atoms with Crippen LogP contribution in [0.1, 0.15) is 12.0 Å². The lowest BCUT2D eigenvalue weighted by Gasteiger charge is -2.36. The van der Waals surface area contributed by atoms with Gasteiger partial charge in [0, 0.05) is 39.8 Å². The molecule has 0 saturated carbocycles. The van der Waals surface area contributed by atoms with Crippen molar-refractivity contribution < 1.29 is 9.53 Å². The minimum absolute atomic E-state index is 0.283. The normalized spacial score (nSPS) is 14.7. The third kappa shape index (κ3) is 6.26. The number of rotatable bonds is 7. The second kappa shape index (κ2) is 10.7. The molecule has 2 aromatic rings. The van der Waals surface area contributed by atoms with Crippen molar-refractivity contribution >= 4 is 35.0 Å². The van der Waals surface area contributed by atoms with E-state index < -0.39 is 0 Å². The molecule has 0 N–H and O–H groups in total. The Morgan fingerprint density at radius 1 is 1.03 bits per heavy atom. The maximum absolute atomic E-state index is 12.1. The van der Waals surface area contributed by atoms with Gasteiger partial charge in [-0.1, -0.05) is 59.6 Å². The van der Waals surface area contributed by atoms with Gasteiger partial charge in [0.05, 0.1) is 15.7 Å². The molecule has 1 aliphatic heterocycles. The minimum atomic E-state index is -0.283. The molecule has 1 fully saturated rings. The molecule has 1 heterocycles. The zero-order valence-electron chi connectivity index (χ0n) is 16.7. The van der Waals surface area contributed by atoms with Crippen molar-refractivity contribution in [3.63, 3.8) is 0 Å². The smallest absolute Gasteiger partial charge is 0.409 e. The number of hydrogen-bond donors (Lipinski definition) is 0. The van der Waals surface area contributed by atoms with E-state index in [4.69, 9.17) is 27.9 Å². The minimum Gasteiger partial charge on any atom is -0.445 e. The highest BCUT2D eigenvalue weighted by Crippen LogP contribution is 2.32. The zero-order valence-corrected chi connectivity index (χ0v) is 18.2. The van der Waals surface area contributed by atoms with Crippen LogP contribution in [0.3, 0.4) is 0 Å². The van der Waals surface area contributed by atoms with Crippen LogP contribution in [0.4, 0.5) is 10.5 Å². The average molecular weight is 436 g/mol. The van der Waals surface area contributed by atoms with Gasteiger partial charge in [0.1, 0.15) is 6.61 Å². The number of piperazine rings is 1. The predicted molar refractivity (Wildman–Crippen MR) is 119 cm³/mol. The van der Waals surface area contributed by atoms with Crippen LogP contribution in [0.2, 0.25) is 10.0 Å². The molecule has 29 heavy (non-hydrogen) atoms. The third-order valence-corrected chi connectivity index (χ3v) is 5.94. The molecule has 0 radical (unpaired) electrons. The van der Waals surface area contributed by atoms with Gasteiger partial charge in [0.2, 0.25) is 0 Å². The van der Waals surface area contributed by atoms with Gasteiger partial charge in [0.25, 0.3) is 0 Å². The highest BCUT2D eigenvalue weighted by molar-refractivity contribution is 6.43. The number of carbonyl (C=O) groups excluding carboxylic acids is 1. The van der Waals surface area contributed by atoms with Crippen molar-refractivity contribution in [3.05, 3.63) is 64.1 Å². The Morgan fingerprint density at radius 2 is 1.76 bits per heavy atom. The molecule has 0 bridgehead atoms. The van der Waals surface area contributed by atoms with Crippen molar-refractivity contribution in [2.45, 2.75) is 13.0 Å². The number of ether oxygens (including phenoxy) is 1. The van der Waals surface area contributed by atoms with Crippen LogP contribution in [0.15, 0.2) is 48.5 Å². The summed E-state index contributed by atoms with van der Waals surface area (Å²) in [5, 5.41) is 1.21. The summed E-state index contributed by atoms with van der Waals surface area (Å²) in [7, 11) is 1.78. The van der Waals surface area contributed by atoms with E-state index in [0.717, 1.165) is 50.4 Å². The molecule has 1 aliphatic rings. The Bertz CT molecular complexity index is 796. The molecule has 156 valence electrons. The molecule has 3 rings (SSSR count). The highest BCUT2D eigenvalue weighted by atomic mass is 35.5. The van der Waals surface area contributed by atoms with Gasteiger partial charge in [-0.25, -0.2) is 4.79 Å². The summed E-state index contributed by atoms with van der Waals surface area (Å²) in [6, 6.07) is 15.5. The Kier molecular flexibility index (Phi) is 8.04. The number of carbonyl (C=O) groups is 1. The van der Waals surface area contributed by atoms with E-state index in [9.17, 15) is 4.79 Å². The molecule has 2 aromatic carbocycles. The molecule has 0 spiro atoms. The number of hydrogen-bond acceptors (Lipinski definition) is 4. The second-order valence-electron chi connectivity index (χ2n) is 7.22. The molecule has 5 nitrogen and oxygen atoms in total. The Morgan fingerprint density at radius 3 is 2.48 bits per heavy atom. The fourth-order valence-electron chi connectivity index (χ4n) is 3.40. The topological polar surface area (TPSA) is 36.0 Å². The van der Waals surface area contributed by atoms with Gasteiger partial charge in [0.15, 0.2) is 0 Å². The number of halogens is 2. The van der Waals surface area contributed by atoms with E-state index in [2.05, 4.69) is 9.80 Å². The lowest BCUT2D eigenvalue weighted by Crippen LogP contribution is -2.47. The van der Waals surface area contributed by atoms with Crippen molar-refractivity contribution in [2.75, 3.05) is 51.2 Å². The number of anilines is 1. The van der Waals surface area contributed by atoms with Crippen molar-refractivity contribution in [1.82, 2.24) is 9.80 Å². The molecule has 0 aromatic heterocycles. The van der Waals surface area contributed by atoms with Crippen LogP contribution < -0.4 is 4.90 Å². The average Bonchev–Trinajstić information content (AvgIpc) is 2.75. The van der Waals surface area contributed by atoms with Gasteiger partial charge in [-0.15, -0.1) is 0 Å². The molecule has 1 saturated heterocycles. The van der Waals surface area contributed by atoms with E-state index in [0.29, 0.717) is 23.2 Å². The second-order valence-corrected chi connectivity index (χ2v) is 8.00. The number of nitrogens with zero attached hydrogens (tertiary/aromatic N) is 3. The first kappa shape index (κ1) is 21.8. The van der Waals surface area contributed by atoms with Crippen LogP contribution in [0, 0.1) is 0 Å². The Labute approximate surface area is 182 Å². The van der Waals surface area contributed by atoms with Gasteiger partial charge in [-0.3, -0.25) is 4.90 Å². The fourth-order valence-corrected chi connectivity index (χ4v) is 3.82. The summed E-state index contributed by atoms with van der Waals surface area (Å²) < 4.78 is 5.36. The Hall–Kier alpha value is -1.95. The van der Waals surface area contributed by atoms with Gasteiger partial charge in [-0.2, -0.15) is 0 Å². The van der Waals surface area contributed by atoms with E-state index in [1.54, 1.807) is 11.9 Å². The summed E-state index contributed by atoms with van der Waals surface area (Å²) in [4.78, 5) is 18.5. The maximum Gasteiger partial charge on any atom is 0.409 e. The SMILES string of the molecule is CN(CCCN1CCN(c2cccc(Cl)c2Cl)CC1)C(=O)OCc1ccccc1. The molecular weight excluding hydrogens is 409 g/mol. The predicted octanol–water partition coefficient (Wildman–Crippen LogP) is 4.77. The summed E-state index contributed by atoms with van der Waals surface area (Å²) >= 11 is 12.5. The van der Waals surface area contributed by atoms with Gasteiger partial charge >= 0.3 is 6.09 Å². The third-order valence-electron chi connectivity index (χ3n) is 5.13.